The summed E-state index contributed by atoms with van der Waals surface area (Å²) in [7, 11) is 0. The van der Waals surface area contributed by atoms with Gasteiger partial charge in [-0.25, -0.2) is 4.99 Å². The summed E-state index contributed by atoms with van der Waals surface area (Å²) >= 11 is 0. The van der Waals surface area contributed by atoms with Gasteiger partial charge in [0.05, 0.1) is 19.1 Å². The topological polar surface area (TPSA) is 57.5 Å². The monoisotopic (exact) mass is 558 g/mol. The van der Waals surface area contributed by atoms with E-state index in [1.165, 1.54) is 35.2 Å². The van der Waals surface area contributed by atoms with E-state index in [2.05, 4.69) is 83.0 Å². The van der Waals surface area contributed by atoms with Crippen LogP contribution in [-0.4, -0.2) is 35.4 Å². The molecule has 33 heavy (non-hydrogen) atoms. The van der Waals surface area contributed by atoms with E-state index in [-0.39, 0.29) is 30.0 Å². The van der Waals surface area contributed by atoms with Gasteiger partial charge in [0.15, 0.2) is 5.96 Å². The van der Waals surface area contributed by atoms with Crippen LogP contribution in [0.25, 0.3) is 0 Å². The third-order valence-electron chi connectivity index (χ3n) is 5.85. The van der Waals surface area contributed by atoms with Gasteiger partial charge in [-0.15, -0.1) is 24.0 Å². The van der Waals surface area contributed by atoms with Gasteiger partial charge in [0, 0.05) is 37.7 Å². The highest BCUT2D eigenvalue weighted by atomic mass is 127. The van der Waals surface area contributed by atoms with E-state index < -0.39 is 0 Å². The summed E-state index contributed by atoms with van der Waals surface area (Å²) < 4.78 is 1.94. The molecular weight excluding hydrogens is 523 g/mol. The van der Waals surface area contributed by atoms with Crippen LogP contribution in [0.1, 0.15) is 49.4 Å². The molecular formula is C26H35IN6. The van der Waals surface area contributed by atoms with Gasteiger partial charge < -0.3 is 15.5 Å². The molecule has 1 unspecified atom stereocenters. The van der Waals surface area contributed by atoms with E-state index in [0.29, 0.717) is 6.54 Å². The summed E-state index contributed by atoms with van der Waals surface area (Å²) in [6.45, 7) is 8.84. The zero-order chi connectivity index (χ0) is 22.2. The predicted octanol–water partition coefficient (Wildman–Crippen LogP) is 4.97. The molecule has 0 bridgehead atoms. The quantitative estimate of drug-likeness (QED) is 0.233. The maximum atomic E-state index is 4.85. The SMILES string of the molecule is CCNC(=NCc1cccc(Cn2cccn2)c1)NC(C)c1cccc(N2CCCC2)c1.I. The highest BCUT2D eigenvalue weighted by Gasteiger charge is 2.14. The van der Waals surface area contributed by atoms with Crippen LogP contribution < -0.4 is 15.5 Å². The number of rotatable bonds is 8. The molecule has 0 aliphatic carbocycles. The molecule has 7 heteroatoms. The smallest absolute Gasteiger partial charge is 0.192 e. The Hall–Kier alpha value is -2.55. The van der Waals surface area contributed by atoms with Crippen LogP contribution in [0.15, 0.2) is 72.0 Å². The average molecular weight is 559 g/mol. The zero-order valence-electron chi connectivity index (χ0n) is 19.6. The Bertz CT molecular complexity index is 1010. The number of hydrogen-bond donors (Lipinski definition) is 2. The lowest BCUT2D eigenvalue weighted by molar-refractivity contribution is 0.683. The maximum Gasteiger partial charge on any atom is 0.192 e. The van der Waals surface area contributed by atoms with Crippen molar-refractivity contribution >= 4 is 35.6 Å². The fourth-order valence-corrected chi connectivity index (χ4v) is 4.15. The first kappa shape index (κ1) is 25.1. The molecule has 1 aliphatic heterocycles. The Morgan fingerprint density at radius 1 is 1.06 bits per heavy atom. The summed E-state index contributed by atoms with van der Waals surface area (Å²) in [6, 6.07) is 19.6. The van der Waals surface area contributed by atoms with Crippen molar-refractivity contribution in [1.29, 1.82) is 0 Å². The van der Waals surface area contributed by atoms with Crippen molar-refractivity contribution in [2.24, 2.45) is 4.99 Å². The van der Waals surface area contributed by atoms with Crippen molar-refractivity contribution < 1.29 is 0 Å². The summed E-state index contributed by atoms with van der Waals surface area (Å²) in [4.78, 5) is 7.33. The van der Waals surface area contributed by atoms with Crippen molar-refractivity contribution in [2.45, 2.75) is 45.8 Å². The normalized spacial score (nSPS) is 14.6. The minimum Gasteiger partial charge on any atom is -0.372 e. The number of hydrogen-bond acceptors (Lipinski definition) is 3. The number of aliphatic imine (C=N–C) groups is 1. The van der Waals surface area contributed by atoms with Gasteiger partial charge in [-0.05, 0) is 61.6 Å². The van der Waals surface area contributed by atoms with Crippen molar-refractivity contribution in [3.05, 3.63) is 83.7 Å². The van der Waals surface area contributed by atoms with Crippen LogP contribution in [0.4, 0.5) is 5.69 Å². The Labute approximate surface area is 214 Å². The predicted molar refractivity (Wildman–Crippen MR) is 147 cm³/mol. The van der Waals surface area contributed by atoms with Crippen LogP contribution in [0.3, 0.4) is 0 Å². The second-order valence-electron chi connectivity index (χ2n) is 8.37. The van der Waals surface area contributed by atoms with Gasteiger partial charge in [-0.2, -0.15) is 5.10 Å². The molecule has 1 aromatic heterocycles. The van der Waals surface area contributed by atoms with Gasteiger partial charge in [0.25, 0.3) is 0 Å². The molecule has 1 atom stereocenters. The Balaban J connectivity index is 0.00000306. The molecule has 1 fully saturated rings. The van der Waals surface area contributed by atoms with Crippen molar-refractivity contribution in [3.8, 4) is 0 Å². The number of aromatic nitrogens is 2. The van der Waals surface area contributed by atoms with Gasteiger partial charge in [0.2, 0.25) is 0 Å². The number of anilines is 1. The Morgan fingerprint density at radius 3 is 2.61 bits per heavy atom. The van der Waals surface area contributed by atoms with Crippen LogP contribution in [0, 0.1) is 0 Å². The third-order valence-corrected chi connectivity index (χ3v) is 5.85. The lowest BCUT2D eigenvalue weighted by atomic mass is 10.1. The van der Waals surface area contributed by atoms with E-state index in [9.17, 15) is 0 Å². The highest BCUT2D eigenvalue weighted by molar-refractivity contribution is 14.0. The molecule has 176 valence electrons. The second kappa shape index (κ2) is 12.6. The second-order valence-corrected chi connectivity index (χ2v) is 8.37. The minimum absolute atomic E-state index is 0. The number of nitrogens with one attached hydrogen (secondary N) is 2. The lowest BCUT2D eigenvalue weighted by Gasteiger charge is -2.22. The van der Waals surface area contributed by atoms with Gasteiger partial charge in [0.1, 0.15) is 0 Å². The fraction of sp³-hybridized carbons (Fsp3) is 0.385. The van der Waals surface area contributed by atoms with Crippen molar-refractivity contribution in [3.63, 3.8) is 0 Å². The molecule has 0 amide bonds. The molecule has 1 saturated heterocycles. The van der Waals surface area contributed by atoms with Gasteiger partial charge >= 0.3 is 0 Å². The molecule has 2 heterocycles. The highest BCUT2D eigenvalue weighted by Crippen LogP contribution is 2.24. The zero-order valence-corrected chi connectivity index (χ0v) is 21.9. The maximum absolute atomic E-state index is 4.85. The number of nitrogens with zero attached hydrogens (tertiary/aromatic N) is 4. The minimum atomic E-state index is 0. The number of guanidine groups is 1. The van der Waals surface area contributed by atoms with Crippen LogP contribution in [-0.2, 0) is 13.1 Å². The molecule has 3 aromatic rings. The molecule has 1 aliphatic rings. The first-order valence-electron chi connectivity index (χ1n) is 11.7. The van der Waals surface area contributed by atoms with Crippen LogP contribution in [0.5, 0.6) is 0 Å². The molecule has 0 spiro atoms. The van der Waals surface area contributed by atoms with E-state index >= 15 is 0 Å². The van der Waals surface area contributed by atoms with Gasteiger partial charge in [-0.3, -0.25) is 4.68 Å². The molecule has 6 nitrogen and oxygen atoms in total. The first-order valence-corrected chi connectivity index (χ1v) is 11.7. The summed E-state index contributed by atoms with van der Waals surface area (Å²) in [5.74, 6) is 0.837. The molecule has 2 N–H and O–H groups in total. The van der Waals surface area contributed by atoms with Crippen molar-refractivity contribution in [2.75, 3.05) is 24.5 Å². The average Bonchev–Trinajstić information content (AvgIpc) is 3.53. The molecule has 0 saturated carbocycles. The Kier molecular flexibility index (Phi) is 9.60. The summed E-state index contributed by atoms with van der Waals surface area (Å²) in [5, 5.41) is 11.3. The largest absolute Gasteiger partial charge is 0.372 e. The van der Waals surface area contributed by atoms with E-state index in [4.69, 9.17) is 4.99 Å². The van der Waals surface area contributed by atoms with E-state index in [1.54, 1.807) is 0 Å². The fourth-order valence-electron chi connectivity index (χ4n) is 4.15. The first-order chi connectivity index (χ1) is 15.7. The van der Waals surface area contributed by atoms with Crippen molar-refractivity contribution in [1.82, 2.24) is 20.4 Å². The summed E-state index contributed by atoms with van der Waals surface area (Å²) in [6.07, 6.45) is 6.37. The molecule has 4 rings (SSSR count). The van der Waals surface area contributed by atoms with E-state index in [0.717, 1.165) is 32.1 Å². The number of halogens is 1. The van der Waals surface area contributed by atoms with Crippen LogP contribution >= 0.6 is 24.0 Å². The van der Waals surface area contributed by atoms with Gasteiger partial charge in [-0.1, -0.05) is 36.4 Å². The molecule has 2 aromatic carbocycles. The third kappa shape index (κ3) is 7.22. The standard InChI is InChI=1S/C26H34N6.HI/c1-3-27-26(28-19-22-9-6-10-23(17-22)20-32-16-8-13-29-32)30-21(2)24-11-7-12-25(18-24)31-14-4-5-15-31;/h6-13,16-18,21H,3-5,14-15,19-20H2,1-2H3,(H2,27,28,30);1H. The number of benzene rings is 2. The Morgan fingerprint density at radius 2 is 1.85 bits per heavy atom. The summed E-state index contributed by atoms with van der Waals surface area (Å²) in [5.41, 5.74) is 5.02. The van der Waals surface area contributed by atoms with Crippen LogP contribution in [0.2, 0.25) is 0 Å². The lowest BCUT2D eigenvalue weighted by Crippen LogP contribution is -2.38. The molecule has 0 radical (unpaired) electrons. The van der Waals surface area contributed by atoms with E-state index in [1.807, 2.05) is 23.1 Å².